The van der Waals surface area contributed by atoms with Gasteiger partial charge in [-0.15, -0.1) is 0 Å². The van der Waals surface area contributed by atoms with E-state index >= 15 is 0 Å². The van der Waals surface area contributed by atoms with Gasteiger partial charge in [0.1, 0.15) is 5.75 Å². The number of hydrogen-bond acceptors (Lipinski definition) is 3. The molecule has 0 bridgehead atoms. The van der Waals surface area contributed by atoms with Crippen LogP contribution in [0.1, 0.15) is 12.5 Å². The number of urea groups is 1. The molecule has 0 aliphatic heterocycles. The maximum Gasteiger partial charge on any atom is 0.345 e. The highest BCUT2D eigenvalue weighted by atomic mass is 16.7. The first-order chi connectivity index (χ1) is 8.08. The summed E-state index contributed by atoms with van der Waals surface area (Å²) < 4.78 is 5.45. The molecule has 2 amide bonds. The van der Waals surface area contributed by atoms with Crippen LogP contribution in [0.2, 0.25) is 0 Å². The molecule has 0 aliphatic carbocycles. The zero-order valence-corrected chi connectivity index (χ0v) is 10.6. The highest BCUT2D eigenvalue weighted by Crippen LogP contribution is 2.22. The van der Waals surface area contributed by atoms with E-state index in [-0.39, 0.29) is 6.03 Å². The van der Waals surface area contributed by atoms with Gasteiger partial charge in [-0.2, -0.15) is 0 Å². The number of hydroxylamine groups is 2. The van der Waals surface area contributed by atoms with Crippen molar-refractivity contribution in [1.29, 1.82) is 0 Å². The largest absolute Gasteiger partial charge is 0.494 e. The fourth-order valence-corrected chi connectivity index (χ4v) is 1.27. The third-order valence-corrected chi connectivity index (χ3v) is 2.30. The molecular weight excluding hydrogens is 220 g/mol. The quantitative estimate of drug-likeness (QED) is 0.819. The van der Waals surface area contributed by atoms with Crippen LogP contribution in [0.3, 0.4) is 0 Å². The van der Waals surface area contributed by atoms with Crippen molar-refractivity contribution >= 4 is 11.7 Å². The lowest BCUT2D eigenvalue weighted by Crippen LogP contribution is -2.30. The molecular formula is C12H18N2O3. The van der Waals surface area contributed by atoms with Crippen molar-refractivity contribution in [2.75, 3.05) is 26.1 Å². The Hall–Kier alpha value is -1.75. The van der Waals surface area contributed by atoms with Crippen molar-refractivity contribution in [3.63, 3.8) is 0 Å². The zero-order chi connectivity index (χ0) is 12.8. The molecule has 1 aromatic rings. The van der Waals surface area contributed by atoms with E-state index in [2.05, 4.69) is 5.32 Å². The van der Waals surface area contributed by atoms with Crippen molar-refractivity contribution in [2.45, 2.75) is 13.8 Å². The van der Waals surface area contributed by atoms with Crippen LogP contribution in [0.5, 0.6) is 5.75 Å². The molecule has 17 heavy (non-hydrogen) atoms. The van der Waals surface area contributed by atoms with Crippen LogP contribution < -0.4 is 10.1 Å². The van der Waals surface area contributed by atoms with Crippen LogP contribution in [-0.4, -0.2) is 31.9 Å². The van der Waals surface area contributed by atoms with Gasteiger partial charge < -0.3 is 10.1 Å². The van der Waals surface area contributed by atoms with Crippen molar-refractivity contribution in [3.8, 4) is 5.75 Å². The fourth-order valence-electron chi connectivity index (χ4n) is 1.27. The number of ether oxygens (including phenoxy) is 1. The number of benzene rings is 1. The topological polar surface area (TPSA) is 50.8 Å². The summed E-state index contributed by atoms with van der Waals surface area (Å²) in [6.45, 7) is 4.47. The standard InChI is InChI=1S/C12H18N2O3/c1-5-17-11-8-10(7-6-9(11)2)13-12(15)14(3)16-4/h6-8H,5H2,1-4H3,(H,13,15). The molecule has 0 fully saturated rings. The minimum atomic E-state index is -0.334. The molecule has 1 N–H and O–H groups in total. The first-order valence-corrected chi connectivity index (χ1v) is 5.40. The molecule has 0 spiro atoms. The van der Waals surface area contributed by atoms with E-state index in [1.165, 1.54) is 14.2 Å². The third kappa shape index (κ3) is 3.64. The molecule has 0 saturated carbocycles. The van der Waals surface area contributed by atoms with E-state index in [0.717, 1.165) is 16.4 Å². The Bertz CT molecular complexity index is 393. The molecule has 5 nitrogen and oxygen atoms in total. The minimum Gasteiger partial charge on any atom is -0.494 e. The van der Waals surface area contributed by atoms with Crippen LogP contribution in [-0.2, 0) is 4.84 Å². The molecule has 0 saturated heterocycles. The molecule has 0 radical (unpaired) electrons. The molecule has 1 aromatic carbocycles. The summed E-state index contributed by atoms with van der Waals surface area (Å²) in [5.74, 6) is 0.769. The van der Waals surface area contributed by atoms with E-state index in [9.17, 15) is 4.79 Å². The van der Waals surface area contributed by atoms with Gasteiger partial charge in [0, 0.05) is 18.8 Å². The second kappa shape index (κ2) is 6.10. The van der Waals surface area contributed by atoms with Gasteiger partial charge in [0.2, 0.25) is 0 Å². The first kappa shape index (κ1) is 13.3. The average Bonchev–Trinajstić information content (AvgIpc) is 2.32. The number of nitrogens with zero attached hydrogens (tertiary/aromatic N) is 1. The lowest BCUT2D eigenvalue weighted by Gasteiger charge is -2.15. The summed E-state index contributed by atoms with van der Waals surface area (Å²) in [5, 5.41) is 3.81. The number of anilines is 1. The number of carbonyl (C=O) groups excluding carboxylic acids is 1. The van der Waals surface area contributed by atoms with Gasteiger partial charge in [-0.3, -0.25) is 4.84 Å². The molecule has 0 heterocycles. The Morgan fingerprint density at radius 1 is 1.47 bits per heavy atom. The lowest BCUT2D eigenvalue weighted by atomic mass is 10.2. The Morgan fingerprint density at radius 3 is 2.76 bits per heavy atom. The third-order valence-electron chi connectivity index (χ3n) is 2.30. The summed E-state index contributed by atoms with van der Waals surface area (Å²) in [5.41, 5.74) is 1.71. The van der Waals surface area contributed by atoms with Gasteiger partial charge in [-0.25, -0.2) is 9.86 Å². The van der Waals surface area contributed by atoms with Crippen molar-refractivity contribution in [2.24, 2.45) is 0 Å². The van der Waals surface area contributed by atoms with E-state index in [1.807, 2.05) is 26.0 Å². The van der Waals surface area contributed by atoms with Crippen LogP contribution in [0.4, 0.5) is 10.5 Å². The van der Waals surface area contributed by atoms with Crippen LogP contribution in [0.15, 0.2) is 18.2 Å². The Labute approximate surface area is 101 Å². The second-order valence-electron chi connectivity index (χ2n) is 3.52. The SMILES string of the molecule is CCOc1cc(NC(=O)N(C)OC)ccc1C. The predicted molar refractivity (Wildman–Crippen MR) is 66.1 cm³/mol. The van der Waals surface area contributed by atoms with Gasteiger partial charge in [-0.05, 0) is 25.5 Å². The summed E-state index contributed by atoms with van der Waals surface area (Å²) in [7, 11) is 2.97. The van der Waals surface area contributed by atoms with Crippen LogP contribution in [0.25, 0.3) is 0 Å². The van der Waals surface area contributed by atoms with Crippen LogP contribution in [0, 0.1) is 6.92 Å². The molecule has 94 valence electrons. The number of carbonyl (C=O) groups is 1. The fraction of sp³-hybridized carbons (Fsp3) is 0.417. The maximum absolute atomic E-state index is 11.5. The molecule has 1 rings (SSSR count). The van der Waals surface area contributed by atoms with Crippen molar-refractivity contribution < 1.29 is 14.4 Å². The highest BCUT2D eigenvalue weighted by molar-refractivity contribution is 5.88. The average molecular weight is 238 g/mol. The number of rotatable bonds is 4. The molecule has 0 aliphatic rings. The smallest absolute Gasteiger partial charge is 0.345 e. The lowest BCUT2D eigenvalue weighted by molar-refractivity contribution is -0.0598. The number of amides is 2. The van der Waals surface area contributed by atoms with E-state index in [0.29, 0.717) is 12.3 Å². The number of aryl methyl sites for hydroxylation is 1. The first-order valence-electron chi connectivity index (χ1n) is 5.40. The molecule has 0 unspecified atom stereocenters. The Morgan fingerprint density at radius 2 is 2.18 bits per heavy atom. The number of nitrogens with one attached hydrogen (secondary N) is 1. The van der Waals surface area contributed by atoms with Gasteiger partial charge in [-0.1, -0.05) is 6.07 Å². The van der Waals surface area contributed by atoms with Crippen LogP contribution >= 0.6 is 0 Å². The summed E-state index contributed by atoms with van der Waals surface area (Å²) in [6.07, 6.45) is 0. The van der Waals surface area contributed by atoms with E-state index < -0.39 is 0 Å². The monoisotopic (exact) mass is 238 g/mol. The Balaban J connectivity index is 2.78. The number of hydrogen-bond donors (Lipinski definition) is 1. The normalized spacial score (nSPS) is 9.88. The summed E-state index contributed by atoms with van der Waals surface area (Å²) >= 11 is 0. The molecule has 0 aromatic heterocycles. The summed E-state index contributed by atoms with van der Waals surface area (Å²) in [4.78, 5) is 16.3. The second-order valence-corrected chi connectivity index (χ2v) is 3.52. The highest BCUT2D eigenvalue weighted by Gasteiger charge is 2.09. The maximum atomic E-state index is 11.5. The molecule has 0 atom stereocenters. The van der Waals surface area contributed by atoms with Gasteiger partial charge in [0.05, 0.1) is 13.7 Å². The van der Waals surface area contributed by atoms with Crippen molar-refractivity contribution in [3.05, 3.63) is 23.8 Å². The van der Waals surface area contributed by atoms with Crippen molar-refractivity contribution in [1.82, 2.24) is 5.06 Å². The van der Waals surface area contributed by atoms with E-state index in [4.69, 9.17) is 9.57 Å². The van der Waals surface area contributed by atoms with Gasteiger partial charge in [0.15, 0.2) is 0 Å². The predicted octanol–water partition coefficient (Wildman–Crippen LogP) is 2.42. The Kier molecular flexibility index (Phi) is 4.78. The van der Waals surface area contributed by atoms with Gasteiger partial charge >= 0.3 is 6.03 Å². The van der Waals surface area contributed by atoms with E-state index in [1.54, 1.807) is 6.07 Å². The van der Waals surface area contributed by atoms with Gasteiger partial charge in [0.25, 0.3) is 0 Å². The zero-order valence-electron chi connectivity index (χ0n) is 10.6. The molecule has 5 heteroatoms. The summed E-state index contributed by atoms with van der Waals surface area (Å²) in [6, 6.07) is 5.17. The minimum absolute atomic E-state index is 0.334.